The van der Waals surface area contributed by atoms with Crippen molar-refractivity contribution in [2.75, 3.05) is 20.3 Å². The van der Waals surface area contributed by atoms with Crippen molar-refractivity contribution in [2.45, 2.75) is 50.6 Å². The van der Waals surface area contributed by atoms with Crippen molar-refractivity contribution in [3.8, 4) is 11.4 Å². The third kappa shape index (κ3) is 4.12. The summed E-state index contributed by atoms with van der Waals surface area (Å²) in [6.07, 6.45) is 7.83. The second kappa shape index (κ2) is 9.12. The molecule has 0 radical (unpaired) electrons. The lowest BCUT2D eigenvalue weighted by Gasteiger charge is -2.22. The van der Waals surface area contributed by atoms with Crippen molar-refractivity contribution in [2.24, 2.45) is 0 Å². The van der Waals surface area contributed by atoms with Gasteiger partial charge in [-0.2, -0.15) is 5.10 Å². The number of para-hydroxylation sites is 2. The van der Waals surface area contributed by atoms with Gasteiger partial charge in [-0.1, -0.05) is 12.1 Å². The number of nitrogens with one attached hydrogen (secondary N) is 1. The molecule has 0 aliphatic carbocycles. The fourth-order valence-electron chi connectivity index (χ4n) is 4.57. The molecule has 1 aromatic carbocycles. The SMILES string of the molecule is COc1ccccc1-n1cc(C(=O)NC2CCc3nnc(C4CCOCC4)n3CC2)cn1. The number of benzene rings is 1. The van der Waals surface area contributed by atoms with Gasteiger partial charge in [0.05, 0.1) is 18.9 Å². The van der Waals surface area contributed by atoms with Gasteiger partial charge in [-0.25, -0.2) is 4.68 Å². The first-order valence-electron chi connectivity index (χ1n) is 11.2. The van der Waals surface area contributed by atoms with Gasteiger partial charge in [-0.15, -0.1) is 10.2 Å². The highest BCUT2D eigenvalue weighted by Crippen LogP contribution is 2.28. The summed E-state index contributed by atoms with van der Waals surface area (Å²) in [4.78, 5) is 12.9. The van der Waals surface area contributed by atoms with E-state index in [0.717, 1.165) is 69.2 Å². The number of rotatable bonds is 5. The molecule has 9 heteroatoms. The molecule has 5 rings (SSSR count). The Kier molecular flexibility index (Phi) is 5.89. The fraction of sp³-hybridized carbons (Fsp3) is 0.478. The minimum absolute atomic E-state index is 0.0846. The highest BCUT2D eigenvalue weighted by Gasteiger charge is 2.27. The van der Waals surface area contributed by atoms with E-state index in [1.165, 1.54) is 0 Å². The Labute approximate surface area is 186 Å². The molecule has 4 heterocycles. The quantitative estimate of drug-likeness (QED) is 0.660. The van der Waals surface area contributed by atoms with Crippen molar-refractivity contribution in [3.63, 3.8) is 0 Å². The minimum atomic E-state index is -0.113. The Morgan fingerprint density at radius 3 is 2.84 bits per heavy atom. The number of methoxy groups -OCH3 is 1. The van der Waals surface area contributed by atoms with Crippen LogP contribution in [0.4, 0.5) is 0 Å². The Morgan fingerprint density at radius 2 is 2.00 bits per heavy atom. The number of nitrogens with zero attached hydrogens (tertiary/aromatic N) is 5. The number of ether oxygens (including phenoxy) is 2. The van der Waals surface area contributed by atoms with Gasteiger partial charge in [0, 0.05) is 44.3 Å². The average molecular weight is 437 g/mol. The van der Waals surface area contributed by atoms with Crippen LogP contribution >= 0.6 is 0 Å². The number of carbonyl (C=O) groups excluding carboxylic acids is 1. The summed E-state index contributed by atoms with van der Waals surface area (Å²) in [5.74, 6) is 3.10. The van der Waals surface area contributed by atoms with Crippen molar-refractivity contribution in [1.82, 2.24) is 29.9 Å². The van der Waals surface area contributed by atoms with Crippen molar-refractivity contribution in [1.29, 1.82) is 0 Å². The summed E-state index contributed by atoms with van der Waals surface area (Å²) in [5.41, 5.74) is 1.32. The molecule has 1 atom stereocenters. The predicted molar refractivity (Wildman–Crippen MR) is 117 cm³/mol. The molecule has 168 valence electrons. The molecule has 2 aliphatic rings. The Hall–Kier alpha value is -3.20. The molecule has 2 aliphatic heterocycles. The lowest BCUT2D eigenvalue weighted by molar-refractivity contribution is 0.0826. The largest absolute Gasteiger partial charge is 0.494 e. The third-order valence-electron chi connectivity index (χ3n) is 6.37. The highest BCUT2D eigenvalue weighted by atomic mass is 16.5. The molecule has 0 bridgehead atoms. The molecule has 3 aromatic rings. The minimum Gasteiger partial charge on any atom is -0.494 e. The first kappa shape index (κ1) is 20.7. The molecular weight excluding hydrogens is 408 g/mol. The first-order chi connectivity index (χ1) is 15.7. The molecule has 1 fully saturated rings. The summed E-state index contributed by atoms with van der Waals surface area (Å²) < 4.78 is 14.8. The summed E-state index contributed by atoms with van der Waals surface area (Å²) >= 11 is 0. The molecule has 1 amide bonds. The molecule has 1 saturated heterocycles. The lowest BCUT2D eigenvalue weighted by atomic mass is 9.99. The van der Waals surface area contributed by atoms with Gasteiger partial charge in [-0.05, 0) is 37.8 Å². The van der Waals surface area contributed by atoms with E-state index in [9.17, 15) is 4.79 Å². The van der Waals surface area contributed by atoms with Crippen LogP contribution in [0.1, 0.15) is 53.6 Å². The number of hydrogen-bond acceptors (Lipinski definition) is 6. The van der Waals surface area contributed by atoms with Gasteiger partial charge < -0.3 is 19.4 Å². The van der Waals surface area contributed by atoms with Crippen LogP contribution in [0.2, 0.25) is 0 Å². The van der Waals surface area contributed by atoms with E-state index in [-0.39, 0.29) is 11.9 Å². The van der Waals surface area contributed by atoms with Gasteiger partial charge in [0.2, 0.25) is 0 Å². The van der Waals surface area contributed by atoms with Gasteiger partial charge in [0.15, 0.2) is 0 Å². The zero-order chi connectivity index (χ0) is 21.9. The second-order valence-corrected chi connectivity index (χ2v) is 8.36. The zero-order valence-electron chi connectivity index (χ0n) is 18.2. The van der Waals surface area contributed by atoms with Crippen LogP contribution in [0, 0.1) is 0 Å². The van der Waals surface area contributed by atoms with E-state index < -0.39 is 0 Å². The van der Waals surface area contributed by atoms with Gasteiger partial charge in [0.1, 0.15) is 23.1 Å². The van der Waals surface area contributed by atoms with Gasteiger partial charge in [0.25, 0.3) is 5.91 Å². The second-order valence-electron chi connectivity index (χ2n) is 8.36. The van der Waals surface area contributed by atoms with Gasteiger partial charge in [-0.3, -0.25) is 4.79 Å². The highest BCUT2D eigenvalue weighted by molar-refractivity contribution is 5.94. The maximum atomic E-state index is 12.9. The number of aryl methyl sites for hydroxylation is 1. The standard InChI is InChI=1S/C23H28N6O3/c1-31-20-5-3-2-4-19(20)29-15-17(14-24-29)23(30)25-18-6-7-21-26-27-22(28(21)11-8-18)16-9-12-32-13-10-16/h2-5,14-16,18H,6-13H2,1H3,(H,25,30). The van der Waals surface area contributed by atoms with Crippen molar-refractivity contribution < 1.29 is 14.3 Å². The predicted octanol–water partition coefficient (Wildman–Crippen LogP) is 2.50. The Morgan fingerprint density at radius 1 is 1.16 bits per heavy atom. The van der Waals surface area contributed by atoms with E-state index in [2.05, 4.69) is 25.2 Å². The number of aromatic nitrogens is 5. The van der Waals surface area contributed by atoms with Crippen molar-refractivity contribution in [3.05, 3.63) is 53.9 Å². The molecule has 0 spiro atoms. The summed E-state index contributed by atoms with van der Waals surface area (Å²) in [7, 11) is 1.62. The number of fused-ring (bicyclic) bond motifs is 1. The van der Waals surface area contributed by atoms with Crippen LogP contribution < -0.4 is 10.1 Å². The zero-order valence-corrected chi connectivity index (χ0v) is 18.2. The molecular formula is C23H28N6O3. The van der Waals surface area contributed by atoms with Crippen LogP contribution in [0.25, 0.3) is 5.69 Å². The van der Waals surface area contributed by atoms with Crippen LogP contribution in [-0.4, -0.2) is 56.8 Å². The van der Waals surface area contributed by atoms with E-state index in [1.807, 2.05) is 24.3 Å². The van der Waals surface area contributed by atoms with E-state index >= 15 is 0 Å². The first-order valence-corrected chi connectivity index (χ1v) is 11.2. The van der Waals surface area contributed by atoms with Crippen LogP contribution in [0.5, 0.6) is 5.75 Å². The third-order valence-corrected chi connectivity index (χ3v) is 6.37. The average Bonchev–Trinajstić information content (AvgIpc) is 3.44. The maximum absolute atomic E-state index is 12.9. The topological polar surface area (TPSA) is 96.1 Å². The normalized spacial score (nSPS) is 19.2. The Balaban J connectivity index is 1.24. The van der Waals surface area contributed by atoms with E-state index in [1.54, 1.807) is 24.2 Å². The fourth-order valence-corrected chi connectivity index (χ4v) is 4.57. The van der Waals surface area contributed by atoms with Gasteiger partial charge >= 0.3 is 0 Å². The molecule has 9 nitrogen and oxygen atoms in total. The number of amides is 1. The van der Waals surface area contributed by atoms with Crippen LogP contribution in [-0.2, 0) is 17.7 Å². The summed E-state index contributed by atoms with van der Waals surface area (Å²) in [5, 5.41) is 16.5. The molecule has 1 N–H and O–H groups in total. The Bertz CT molecular complexity index is 1090. The smallest absolute Gasteiger partial charge is 0.254 e. The van der Waals surface area contributed by atoms with Crippen molar-refractivity contribution >= 4 is 5.91 Å². The summed E-state index contributed by atoms with van der Waals surface area (Å²) in [6.45, 7) is 2.39. The number of hydrogen-bond donors (Lipinski definition) is 1. The molecule has 2 aromatic heterocycles. The van der Waals surface area contributed by atoms with E-state index in [4.69, 9.17) is 9.47 Å². The monoisotopic (exact) mass is 436 g/mol. The van der Waals surface area contributed by atoms with Crippen LogP contribution in [0.15, 0.2) is 36.7 Å². The lowest BCUT2D eigenvalue weighted by Crippen LogP contribution is -2.35. The molecule has 0 saturated carbocycles. The molecule has 1 unspecified atom stereocenters. The summed E-state index contributed by atoms with van der Waals surface area (Å²) in [6, 6.07) is 7.68. The number of carbonyl (C=O) groups is 1. The van der Waals surface area contributed by atoms with Crippen LogP contribution in [0.3, 0.4) is 0 Å². The van der Waals surface area contributed by atoms with E-state index in [0.29, 0.717) is 17.2 Å². The molecule has 32 heavy (non-hydrogen) atoms. The maximum Gasteiger partial charge on any atom is 0.254 e.